The van der Waals surface area contributed by atoms with Crippen molar-refractivity contribution in [2.45, 2.75) is 139 Å². The van der Waals surface area contributed by atoms with E-state index in [1.54, 1.807) is 6.08 Å². The van der Waals surface area contributed by atoms with Gasteiger partial charge in [0.25, 0.3) is 0 Å². The van der Waals surface area contributed by atoms with Gasteiger partial charge in [-0.25, -0.2) is 0 Å². The number of hydrogen-bond donors (Lipinski definition) is 9. The Hall–Kier alpha value is -1.03. The molecule has 3 unspecified atom stereocenters. The van der Waals surface area contributed by atoms with Crippen LogP contribution in [-0.2, 0) is 14.3 Å². The number of carbonyl (C=O) groups excluding carboxylic acids is 1. The van der Waals surface area contributed by atoms with Crippen molar-refractivity contribution in [3.63, 3.8) is 0 Å². The van der Waals surface area contributed by atoms with Crippen LogP contribution in [0.2, 0.25) is 0 Å². The molecule has 16 atom stereocenters. The number of carbonyl (C=O) groups is 1. The molecule has 1 aliphatic heterocycles. The summed E-state index contributed by atoms with van der Waals surface area (Å²) < 4.78 is 12.0. The van der Waals surface area contributed by atoms with Crippen LogP contribution in [0.15, 0.2) is 11.6 Å². The molecule has 45 heavy (non-hydrogen) atoms. The van der Waals surface area contributed by atoms with E-state index in [-0.39, 0.29) is 49.2 Å². The average Bonchev–Trinajstić information content (AvgIpc) is 3.27. The van der Waals surface area contributed by atoms with E-state index in [1.165, 1.54) is 6.92 Å². The number of ether oxygens (including phenoxy) is 2. The van der Waals surface area contributed by atoms with Crippen molar-refractivity contribution < 1.29 is 60.2 Å². The Kier molecular flexibility index (Phi) is 9.76. The molecule has 1 saturated heterocycles. The Balaban J connectivity index is 1.43. The predicted molar refractivity (Wildman–Crippen MR) is 159 cm³/mol. The minimum atomic E-state index is -1.62. The second-order valence-corrected chi connectivity index (χ2v) is 15.6. The molecule has 3 saturated carbocycles. The standard InChI is InChI=1S/C33H54O12/c1-16(24(7-8-30(2,42)15-35)44-29-28(41)27(40)26(39)25(14-34)45-29)17-6-10-33(43)19-11-21(36)20-12-22(37)23(38)13-31(20,3)18(19)5-9-32(17,33)4/h11,16-18,20,22-29,34-35,37-43H,5-10,12-15H2,1-4H3/t16-,17+,18-,20-,22+,23-,24+,25?,26+,27+,28?,29-,30?,31+,32+,33+/m0/s1. The number of fused-ring (bicyclic) bond motifs is 5. The van der Waals surface area contributed by atoms with Crippen LogP contribution in [0.4, 0.5) is 0 Å². The normalized spacial score (nSPS) is 49.3. The fraction of sp³-hybridized carbons (Fsp3) is 0.909. The summed E-state index contributed by atoms with van der Waals surface area (Å²) in [5, 5.41) is 95.0. The molecule has 5 aliphatic rings. The molecule has 12 nitrogen and oxygen atoms in total. The zero-order chi connectivity index (χ0) is 33.3. The maximum absolute atomic E-state index is 13.5. The van der Waals surface area contributed by atoms with Crippen molar-refractivity contribution in [3.8, 4) is 0 Å². The molecule has 0 aromatic rings. The molecule has 1 heterocycles. The van der Waals surface area contributed by atoms with Crippen molar-refractivity contribution >= 4 is 5.78 Å². The van der Waals surface area contributed by atoms with Crippen molar-refractivity contribution in [2.24, 2.45) is 34.5 Å². The van der Waals surface area contributed by atoms with E-state index < -0.39 is 90.2 Å². The molecule has 0 amide bonds. The zero-order valence-electron chi connectivity index (χ0n) is 26.8. The monoisotopic (exact) mass is 642 g/mol. The molecule has 0 bridgehead atoms. The molecular formula is C33H54O12. The van der Waals surface area contributed by atoms with Gasteiger partial charge < -0.3 is 55.4 Å². The zero-order valence-corrected chi connectivity index (χ0v) is 26.8. The number of ketones is 1. The maximum Gasteiger partial charge on any atom is 0.186 e. The molecule has 5 rings (SSSR count). The van der Waals surface area contributed by atoms with Gasteiger partial charge in [0.05, 0.1) is 42.7 Å². The molecule has 0 aromatic carbocycles. The summed E-state index contributed by atoms with van der Waals surface area (Å²) in [4.78, 5) is 13.5. The van der Waals surface area contributed by atoms with E-state index in [0.717, 1.165) is 0 Å². The minimum Gasteiger partial charge on any atom is -0.394 e. The van der Waals surface area contributed by atoms with E-state index >= 15 is 0 Å². The second-order valence-electron chi connectivity index (χ2n) is 15.6. The second kappa shape index (κ2) is 12.5. The van der Waals surface area contributed by atoms with Crippen LogP contribution in [0, 0.1) is 34.5 Å². The molecule has 12 heteroatoms. The first-order valence-corrected chi connectivity index (χ1v) is 16.6. The maximum atomic E-state index is 13.5. The largest absolute Gasteiger partial charge is 0.394 e. The first-order chi connectivity index (χ1) is 20.9. The van der Waals surface area contributed by atoms with Gasteiger partial charge in [-0.3, -0.25) is 4.79 Å². The van der Waals surface area contributed by atoms with Crippen LogP contribution in [0.1, 0.15) is 79.1 Å². The SMILES string of the molecule is C[C@@H]([C@H]1CC[C@@]2(O)C3=CC(=O)[C@@H]4C[C@@H](O)[C@@H](O)C[C@]4(C)[C@H]3CC[C@]12C)[C@@H](CCC(C)(O)CO)O[C@H]1OC(CO)[C@@H](O)[C@@H](O)C1O. The van der Waals surface area contributed by atoms with Gasteiger partial charge in [0.2, 0.25) is 0 Å². The summed E-state index contributed by atoms with van der Waals surface area (Å²) >= 11 is 0. The highest BCUT2D eigenvalue weighted by Gasteiger charge is 2.67. The van der Waals surface area contributed by atoms with Crippen LogP contribution in [0.25, 0.3) is 0 Å². The first-order valence-electron chi connectivity index (χ1n) is 16.6. The van der Waals surface area contributed by atoms with Crippen LogP contribution in [0.3, 0.4) is 0 Å². The molecule has 258 valence electrons. The van der Waals surface area contributed by atoms with Gasteiger partial charge in [-0.2, -0.15) is 0 Å². The summed E-state index contributed by atoms with van der Waals surface area (Å²) in [5.41, 5.74) is -3.28. The van der Waals surface area contributed by atoms with Gasteiger partial charge in [-0.1, -0.05) is 20.8 Å². The number of aliphatic hydroxyl groups is 9. The molecule has 0 spiro atoms. The third-order valence-electron chi connectivity index (χ3n) is 12.9. The highest BCUT2D eigenvalue weighted by Crippen LogP contribution is 2.68. The van der Waals surface area contributed by atoms with Crippen LogP contribution in [0.5, 0.6) is 0 Å². The number of rotatable bonds is 9. The molecular weight excluding hydrogens is 588 g/mol. The van der Waals surface area contributed by atoms with Crippen LogP contribution >= 0.6 is 0 Å². The third-order valence-corrected chi connectivity index (χ3v) is 12.9. The van der Waals surface area contributed by atoms with E-state index in [0.29, 0.717) is 31.3 Å². The third kappa shape index (κ3) is 5.75. The molecule has 4 fully saturated rings. The topological polar surface area (TPSA) is 218 Å². The quantitative estimate of drug-likeness (QED) is 0.156. The Morgan fingerprint density at radius 3 is 2.36 bits per heavy atom. The molecule has 4 aliphatic carbocycles. The van der Waals surface area contributed by atoms with E-state index in [1.807, 2.05) is 20.8 Å². The fourth-order valence-electron chi connectivity index (χ4n) is 9.85. The fourth-order valence-corrected chi connectivity index (χ4v) is 9.85. The molecule has 0 aromatic heterocycles. The van der Waals surface area contributed by atoms with Gasteiger partial charge >= 0.3 is 0 Å². The van der Waals surface area contributed by atoms with Crippen molar-refractivity contribution in [1.82, 2.24) is 0 Å². The smallest absolute Gasteiger partial charge is 0.186 e. The summed E-state index contributed by atoms with van der Waals surface area (Å²) in [5.74, 6) is -1.12. The Morgan fingerprint density at radius 1 is 1.02 bits per heavy atom. The number of hydrogen-bond acceptors (Lipinski definition) is 12. The van der Waals surface area contributed by atoms with Gasteiger partial charge in [0.15, 0.2) is 12.1 Å². The highest BCUT2D eigenvalue weighted by atomic mass is 16.7. The van der Waals surface area contributed by atoms with Gasteiger partial charge in [0.1, 0.15) is 24.4 Å². The van der Waals surface area contributed by atoms with Crippen LogP contribution in [-0.4, -0.2) is 125 Å². The Labute approximate surface area is 264 Å². The summed E-state index contributed by atoms with van der Waals surface area (Å²) in [7, 11) is 0. The first kappa shape index (κ1) is 35.3. The molecule has 9 N–H and O–H groups in total. The number of aliphatic hydroxyl groups excluding tert-OH is 7. The number of allylic oxidation sites excluding steroid dienone is 1. The van der Waals surface area contributed by atoms with Crippen molar-refractivity contribution in [3.05, 3.63) is 11.6 Å². The van der Waals surface area contributed by atoms with E-state index in [2.05, 4.69) is 0 Å². The summed E-state index contributed by atoms with van der Waals surface area (Å²) in [6, 6.07) is 0. The lowest BCUT2D eigenvalue weighted by atomic mass is 9.46. The van der Waals surface area contributed by atoms with Gasteiger partial charge in [-0.15, -0.1) is 0 Å². The summed E-state index contributed by atoms with van der Waals surface area (Å²) in [6.45, 7) is 6.41. The van der Waals surface area contributed by atoms with E-state index in [4.69, 9.17) is 9.47 Å². The van der Waals surface area contributed by atoms with E-state index in [9.17, 15) is 50.8 Å². The Morgan fingerprint density at radius 2 is 1.71 bits per heavy atom. The lowest BCUT2D eigenvalue weighted by Gasteiger charge is -2.60. The summed E-state index contributed by atoms with van der Waals surface area (Å²) in [6.07, 6.45) is -5.14. The van der Waals surface area contributed by atoms with Gasteiger partial charge in [0, 0.05) is 11.3 Å². The Bertz CT molecular complexity index is 1130. The average molecular weight is 643 g/mol. The minimum absolute atomic E-state index is 0.126. The van der Waals surface area contributed by atoms with Gasteiger partial charge in [-0.05, 0) is 93.1 Å². The van der Waals surface area contributed by atoms with Crippen LogP contribution < -0.4 is 0 Å². The molecule has 0 radical (unpaired) electrons. The lowest BCUT2D eigenvalue weighted by Crippen LogP contribution is -2.61. The highest BCUT2D eigenvalue weighted by molar-refractivity contribution is 5.95. The van der Waals surface area contributed by atoms with Crippen molar-refractivity contribution in [1.29, 1.82) is 0 Å². The predicted octanol–water partition coefficient (Wildman–Crippen LogP) is -0.464. The lowest BCUT2D eigenvalue weighted by molar-refractivity contribution is -0.317. The van der Waals surface area contributed by atoms with Crippen molar-refractivity contribution in [2.75, 3.05) is 13.2 Å².